The Morgan fingerprint density at radius 1 is 0.941 bits per heavy atom. The van der Waals surface area contributed by atoms with E-state index in [1.807, 2.05) is 53.6 Å². The zero-order valence-electron chi connectivity index (χ0n) is 29.3. The minimum Gasteiger partial charge on any atom is -0.391 e. The number of rotatable bonds is 9. The quantitative estimate of drug-likeness (QED) is 0.297. The molecule has 9 rings (SSSR count). The van der Waals surface area contributed by atoms with Gasteiger partial charge in [0.05, 0.1) is 16.9 Å². The van der Waals surface area contributed by atoms with Crippen molar-refractivity contribution in [3.63, 3.8) is 0 Å². The maximum atomic E-state index is 14.8. The first-order valence-electron chi connectivity index (χ1n) is 18.7. The third-order valence-electron chi connectivity index (χ3n) is 12.7. The van der Waals surface area contributed by atoms with Crippen molar-refractivity contribution in [1.82, 2.24) is 25.0 Å². The summed E-state index contributed by atoms with van der Waals surface area (Å²) >= 11 is 6.44. The summed E-state index contributed by atoms with van der Waals surface area (Å²) in [6.07, 6.45) is 8.13. The minimum atomic E-state index is -0.931. The first kappa shape index (κ1) is 34.2. The number of β-amino-alcohol motifs (C(OH)–C–C–N with tert-alkyl or cyclic N) is 1. The van der Waals surface area contributed by atoms with E-state index in [1.165, 1.54) is 0 Å². The fraction of sp³-hybridized carbons (Fsp3) is 0.550. The number of benzene rings is 2. The van der Waals surface area contributed by atoms with Crippen molar-refractivity contribution in [2.75, 3.05) is 26.7 Å². The van der Waals surface area contributed by atoms with Crippen molar-refractivity contribution >= 4 is 46.1 Å². The van der Waals surface area contributed by atoms with Gasteiger partial charge in [-0.3, -0.25) is 19.2 Å². The molecular formula is C40H48ClN5O5. The van der Waals surface area contributed by atoms with Crippen LogP contribution in [0.5, 0.6) is 0 Å². The number of hydrogen-bond acceptors (Lipinski definition) is 5. The van der Waals surface area contributed by atoms with E-state index in [1.54, 1.807) is 22.9 Å². The second kappa shape index (κ2) is 13.3. The number of aliphatic hydroxyl groups excluding tert-OH is 1. The third kappa shape index (κ3) is 6.22. The molecule has 270 valence electrons. The summed E-state index contributed by atoms with van der Waals surface area (Å²) in [7, 11) is 1.70. The zero-order valence-corrected chi connectivity index (χ0v) is 30.0. The van der Waals surface area contributed by atoms with Gasteiger partial charge >= 0.3 is 0 Å². The Labute approximate surface area is 303 Å². The maximum Gasteiger partial charge on any atom is 0.245 e. The lowest BCUT2D eigenvalue weighted by Crippen LogP contribution is -2.63. The van der Waals surface area contributed by atoms with Gasteiger partial charge in [-0.25, -0.2) is 0 Å². The van der Waals surface area contributed by atoms with Gasteiger partial charge in [0, 0.05) is 68.2 Å². The van der Waals surface area contributed by atoms with Crippen LogP contribution in [0.15, 0.2) is 54.7 Å². The van der Waals surface area contributed by atoms with E-state index in [9.17, 15) is 24.3 Å². The molecule has 5 atom stereocenters. The number of carbonyl (C=O) groups is 4. The summed E-state index contributed by atoms with van der Waals surface area (Å²) < 4.78 is 0. The number of H-pyrrole nitrogens is 1. The normalized spacial score (nSPS) is 30.2. The number of nitrogens with zero attached hydrogens (tertiary/aromatic N) is 3. The lowest BCUT2D eigenvalue weighted by Gasteiger charge is -2.61. The Kier molecular flexibility index (Phi) is 8.90. The monoisotopic (exact) mass is 713 g/mol. The molecule has 3 heterocycles. The van der Waals surface area contributed by atoms with Gasteiger partial charge in [-0.15, -0.1) is 0 Å². The average molecular weight is 714 g/mol. The van der Waals surface area contributed by atoms with Gasteiger partial charge in [0.15, 0.2) is 0 Å². The molecule has 0 radical (unpaired) electrons. The molecule has 0 spiro atoms. The number of nitrogens with one attached hydrogen (secondary N) is 2. The molecule has 2 aromatic carbocycles. The van der Waals surface area contributed by atoms with Gasteiger partial charge < -0.3 is 30.1 Å². The number of halogens is 1. The smallest absolute Gasteiger partial charge is 0.245 e. The highest BCUT2D eigenvalue weighted by atomic mass is 35.5. The van der Waals surface area contributed by atoms with Crippen molar-refractivity contribution in [3.8, 4) is 0 Å². The van der Waals surface area contributed by atoms with Gasteiger partial charge in [0.2, 0.25) is 23.6 Å². The summed E-state index contributed by atoms with van der Waals surface area (Å²) in [5, 5.41) is 15.5. The number of hydrogen-bond donors (Lipinski definition) is 3. The van der Waals surface area contributed by atoms with Gasteiger partial charge in [0.1, 0.15) is 12.1 Å². The molecule has 11 heteroatoms. The summed E-state index contributed by atoms with van der Waals surface area (Å²) in [5.74, 6) is 0.0100. The number of likely N-dealkylation sites (N-methyl/N-ethyl adjacent to an activating group) is 1. The molecule has 2 saturated heterocycles. The van der Waals surface area contributed by atoms with Gasteiger partial charge in [0.25, 0.3) is 0 Å². The van der Waals surface area contributed by atoms with Crippen LogP contribution in [-0.4, -0.2) is 93.3 Å². The Hall–Kier alpha value is -3.89. The van der Waals surface area contributed by atoms with E-state index >= 15 is 0 Å². The van der Waals surface area contributed by atoms with Crippen molar-refractivity contribution in [1.29, 1.82) is 0 Å². The second-order valence-corrected chi connectivity index (χ2v) is 16.7. The number of amides is 4. The highest BCUT2D eigenvalue weighted by Gasteiger charge is 2.65. The molecule has 2 aliphatic heterocycles. The third-order valence-corrected chi connectivity index (χ3v) is 13.0. The molecule has 6 aliphatic rings. The number of para-hydroxylation sites is 1. The molecule has 1 aromatic heterocycles. The molecule has 3 N–H and O–H groups in total. The maximum absolute atomic E-state index is 14.8. The Morgan fingerprint density at radius 3 is 2.33 bits per heavy atom. The van der Waals surface area contributed by atoms with Crippen LogP contribution in [0, 0.1) is 22.7 Å². The van der Waals surface area contributed by atoms with Crippen LogP contribution < -0.4 is 5.32 Å². The molecule has 51 heavy (non-hydrogen) atoms. The first-order valence-corrected chi connectivity index (χ1v) is 19.0. The van der Waals surface area contributed by atoms with E-state index in [4.69, 9.17) is 11.6 Å². The minimum absolute atomic E-state index is 0.0640. The van der Waals surface area contributed by atoms with Gasteiger partial charge in [-0.1, -0.05) is 48.0 Å². The lowest BCUT2D eigenvalue weighted by molar-refractivity contribution is -0.180. The van der Waals surface area contributed by atoms with Crippen molar-refractivity contribution < 1.29 is 24.3 Å². The highest BCUT2D eigenvalue weighted by Crippen LogP contribution is 2.66. The zero-order chi connectivity index (χ0) is 35.5. The lowest BCUT2D eigenvalue weighted by atomic mass is 9.43. The van der Waals surface area contributed by atoms with Crippen LogP contribution in [-0.2, 0) is 32.1 Å². The SMILES string of the molecule is CN(Cc1ccccc1Cl)C(=O)C(Cc1c[nH]c2ccccc12)NC(=O)C1CC(O)CN1C(=O)C12CC3CC(CC(C(=O)N4CCCC4)(C3)C1)C2. The number of aliphatic hydroxyl groups is 1. The number of fused-ring (bicyclic) bond motifs is 1. The Morgan fingerprint density at radius 2 is 1.61 bits per heavy atom. The Bertz CT molecular complexity index is 1840. The predicted molar refractivity (Wildman–Crippen MR) is 193 cm³/mol. The molecule has 4 bridgehead atoms. The van der Waals surface area contributed by atoms with Crippen molar-refractivity contribution in [2.24, 2.45) is 22.7 Å². The standard InChI is InChI=1S/C40H48ClN5O5/c1-44(22-27-8-2-4-10-31(27)41)36(49)33(15-28-21-42-32-11-5-3-9-30(28)32)43-35(48)34-16-29(47)23-46(34)38(51)40-19-25-14-26(20-40)18-39(17-25,24-40)37(50)45-12-6-7-13-45/h2-5,8-11,21,25-26,29,33-34,42,47H,6-7,12-20,22-24H2,1H3,(H,43,48). The Balaban J connectivity index is 1.05. The number of aromatic nitrogens is 1. The van der Waals surface area contributed by atoms with Crippen LogP contribution >= 0.6 is 11.6 Å². The highest BCUT2D eigenvalue weighted by molar-refractivity contribution is 6.31. The average Bonchev–Trinajstić information content (AvgIpc) is 3.88. The summed E-state index contributed by atoms with van der Waals surface area (Å²) in [4.78, 5) is 65.8. The van der Waals surface area contributed by atoms with Crippen LogP contribution in [0.3, 0.4) is 0 Å². The molecule has 3 aromatic rings. The molecule has 4 aliphatic carbocycles. The van der Waals surface area contributed by atoms with Gasteiger partial charge in [-0.2, -0.15) is 0 Å². The van der Waals surface area contributed by atoms with E-state index < -0.39 is 34.9 Å². The van der Waals surface area contributed by atoms with Crippen LogP contribution in [0.25, 0.3) is 10.9 Å². The summed E-state index contributed by atoms with van der Waals surface area (Å²) in [5.41, 5.74) is 1.39. The van der Waals surface area contributed by atoms with Gasteiger partial charge in [-0.05, 0) is 86.5 Å². The first-order chi connectivity index (χ1) is 24.5. The fourth-order valence-electron chi connectivity index (χ4n) is 10.8. The van der Waals surface area contributed by atoms with Crippen LogP contribution in [0.1, 0.15) is 68.9 Å². The summed E-state index contributed by atoms with van der Waals surface area (Å²) in [6.45, 7) is 1.91. The predicted octanol–water partition coefficient (Wildman–Crippen LogP) is 4.68. The number of likely N-dealkylation sites (tertiary alicyclic amines) is 2. The second-order valence-electron chi connectivity index (χ2n) is 16.3. The molecule has 4 amide bonds. The number of carbonyl (C=O) groups excluding carboxylic acids is 4. The largest absolute Gasteiger partial charge is 0.391 e. The molecule has 5 unspecified atom stereocenters. The fourth-order valence-corrected chi connectivity index (χ4v) is 11.0. The topological polar surface area (TPSA) is 126 Å². The van der Waals surface area contributed by atoms with E-state index in [0.29, 0.717) is 23.3 Å². The van der Waals surface area contributed by atoms with E-state index in [2.05, 4.69) is 10.3 Å². The van der Waals surface area contributed by atoms with Crippen molar-refractivity contribution in [3.05, 3.63) is 70.9 Å². The molecular weight excluding hydrogens is 666 g/mol. The van der Waals surface area contributed by atoms with Crippen LogP contribution in [0.2, 0.25) is 5.02 Å². The van der Waals surface area contributed by atoms with Crippen molar-refractivity contribution in [2.45, 2.75) is 88.9 Å². The van der Waals surface area contributed by atoms with E-state index in [-0.39, 0.29) is 43.7 Å². The molecule has 4 saturated carbocycles. The molecule has 6 fully saturated rings. The van der Waals surface area contributed by atoms with Crippen LogP contribution in [0.4, 0.5) is 0 Å². The van der Waals surface area contributed by atoms with E-state index in [0.717, 1.165) is 80.1 Å². The number of aromatic amines is 1. The molecule has 10 nitrogen and oxygen atoms in total. The summed E-state index contributed by atoms with van der Waals surface area (Å²) in [6, 6.07) is 13.3.